The van der Waals surface area contributed by atoms with Crippen molar-refractivity contribution < 1.29 is 9.52 Å². The molecule has 3 rings (SSSR count). The van der Waals surface area contributed by atoms with Crippen LogP contribution in [0.25, 0.3) is 11.0 Å². The lowest BCUT2D eigenvalue weighted by molar-refractivity contribution is 0.144. The van der Waals surface area contributed by atoms with Gasteiger partial charge < -0.3 is 9.52 Å². The molecule has 1 saturated heterocycles. The highest BCUT2D eigenvalue weighted by atomic mass is 32.2. The highest BCUT2D eigenvalue weighted by Gasteiger charge is 2.26. The Hall–Kier alpha value is -0.930. The Labute approximate surface area is 111 Å². The van der Waals surface area contributed by atoms with E-state index in [1.165, 1.54) is 18.4 Å². The van der Waals surface area contributed by atoms with Gasteiger partial charge in [0.1, 0.15) is 17.4 Å². The number of hydrogen-bond donors (Lipinski definition) is 1. The van der Waals surface area contributed by atoms with Crippen molar-refractivity contribution >= 4 is 22.7 Å². The first-order valence-corrected chi connectivity index (χ1v) is 7.59. The summed E-state index contributed by atoms with van der Waals surface area (Å²) in [7, 11) is 0. The summed E-state index contributed by atoms with van der Waals surface area (Å²) >= 11 is 1.87. The lowest BCUT2D eigenvalue weighted by atomic mass is 10.1. The molecule has 2 nitrogen and oxygen atoms in total. The van der Waals surface area contributed by atoms with Gasteiger partial charge in [0.05, 0.1) is 0 Å². The predicted octanol–water partition coefficient (Wildman–Crippen LogP) is 4.06. The SMILES string of the molecule is Cc1ccc2oc(C(O)C3CCCCS3)cc2c1. The number of hydrogen-bond acceptors (Lipinski definition) is 3. The van der Waals surface area contributed by atoms with Crippen LogP contribution in [0.4, 0.5) is 0 Å². The zero-order valence-electron chi connectivity index (χ0n) is 10.6. The number of thioether (sulfide) groups is 1. The molecule has 0 aliphatic carbocycles. The molecule has 0 radical (unpaired) electrons. The van der Waals surface area contributed by atoms with Gasteiger partial charge in [0.2, 0.25) is 0 Å². The van der Waals surface area contributed by atoms with Crippen molar-refractivity contribution in [2.45, 2.75) is 37.5 Å². The van der Waals surface area contributed by atoms with Crippen molar-refractivity contribution in [3.8, 4) is 0 Å². The molecule has 0 saturated carbocycles. The molecule has 3 heteroatoms. The molecule has 0 amide bonds. The molecule has 2 heterocycles. The van der Waals surface area contributed by atoms with E-state index in [0.29, 0.717) is 5.25 Å². The van der Waals surface area contributed by atoms with Crippen LogP contribution in [0.15, 0.2) is 28.7 Å². The van der Waals surface area contributed by atoms with Gasteiger partial charge in [-0.3, -0.25) is 0 Å². The minimum atomic E-state index is -0.469. The fourth-order valence-corrected chi connectivity index (χ4v) is 3.85. The monoisotopic (exact) mass is 262 g/mol. The number of benzene rings is 1. The summed E-state index contributed by atoms with van der Waals surface area (Å²) in [6.07, 6.45) is 3.10. The maximum absolute atomic E-state index is 10.4. The Balaban J connectivity index is 1.88. The van der Waals surface area contributed by atoms with Crippen molar-refractivity contribution in [2.75, 3.05) is 5.75 Å². The van der Waals surface area contributed by atoms with Gasteiger partial charge >= 0.3 is 0 Å². The number of aryl methyl sites for hydroxylation is 1. The summed E-state index contributed by atoms with van der Waals surface area (Å²) in [5.74, 6) is 1.87. The predicted molar refractivity (Wildman–Crippen MR) is 76.0 cm³/mol. The molecule has 2 aromatic rings. The highest BCUT2D eigenvalue weighted by Crippen LogP contribution is 2.36. The molecule has 1 aromatic carbocycles. The maximum atomic E-state index is 10.4. The second kappa shape index (κ2) is 4.98. The van der Waals surface area contributed by atoms with Crippen LogP contribution < -0.4 is 0 Å². The van der Waals surface area contributed by atoms with Crippen molar-refractivity contribution in [1.29, 1.82) is 0 Å². The molecule has 2 atom stereocenters. The first-order valence-electron chi connectivity index (χ1n) is 6.54. The molecule has 96 valence electrons. The third-order valence-corrected chi connectivity index (χ3v) is 5.00. The summed E-state index contributed by atoms with van der Waals surface area (Å²) < 4.78 is 5.77. The van der Waals surface area contributed by atoms with E-state index in [1.54, 1.807) is 0 Å². The molecule has 1 N–H and O–H groups in total. The maximum Gasteiger partial charge on any atom is 0.134 e. The van der Waals surface area contributed by atoms with Gasteiger partial charge in [-0.1, -0.05) is 18.1 Å². The number of aliphatic hydroxyl groups is 1. The molecular formula is C15H18O2S. The van der Waals surface area contributed by atoms with E-state index in [0.717, 1.165) is 28.9 Å². The second-order valence-electron chi connectivity index (χ2n) is 5.04. The summed E-state index contributed by atoms with van der Waals surface area (Å²) in [5.41, 5.74) is 2.09. The molecule has 2 unspecified atom stereocenters. The summed E-state index contributed by atoms with van der Waals surface area (Å²) in [6.45, 7) is 2.07. The second-order valence-corrected chi connectivity index (χ2v) is 6.39. The van der Waals surface area contributed by atoms with Crippen LogP contribution in [0.5, 0.6) is 0 Å². The smallest absolute Gasteiger partial charge is 0.134 e. The minimum absolute atomic E-state index is 0.292. The largest absolute Gasteiger partial charge is 0.458 e. The van der Waals surface area contributed by atoms with E-state index in [2.05, 4.69) is 13.0 Å². The number of furan rings is 1. The van der Waals surface area contributed by atoms with Crippen molar-refractivity contribution in [3.63, 3.8) is 0 Å². The van der Waals surface area contributed by atoms with E-state index in [1.807, 2.05) is 30.0 Å². The molecule has 1 aliphatic heterocycles. The summed E-state index contributed by atoms with van der Waals surface area (Å²) in [6, 6.07) is 8.11. The molecule has 1 aliphatic rings. The summed E-state index contributed by atoms with van der Waals surface area (Å²) in [5, 5.41) is 11.8. The Morgan fingerprint density at radius 2 is 2.22 bits per heavy atom. The van der Waals surface area contributed by atoms with Gasteiger partial charge in [0, 0.05) is 10.6 Å². The lowest BCUT2D eigenvalue weighted by Crippen LogP contribution is -2.18. The fraction of sp³-hybridized carbons (Fsp3) is 0.467. The Kier molecular flexibility index (Phi) is 3.35. The van der Waals surface area contributed by atoms with Crippen LogP contribution >= 0.6 is 11.8 Å². The number of fused-ring (bicyclic) bond motifs is 1. The van der Waals surface area contributed by atoms with Crippen molar-refractivity contribution in [1.82, 2.24) is 0 Å². The van der Waals surface area contributed by atoms with Crippen LogP contribution in [-0.2, 0) is 0 Å². The zero-order valence-corrected chi connectivity index (χ0v) is 11.4. The lowest BCUT2D eigenvalue weighted by Gasteiger charge is -2.24. The van der Waals surface area contributed by atoms with E-state index >= 15 is 0 Å². The van der Waals surface area contributed by atoms with Crippen LogP contribution in [0, 0.1) is 6.92 Å². The Morgan fingerprint density at radius 1 is 1.33 bits per heavy atom. The number of aliphatic hydroxyl groups excluding tert-OH is 1. The van der Waals surface area contributed by atoms with Crippen LogP contribution in [-0.4, -0.2) is 16.1 Å². The molecule has 18 heavy (non-hydrogen) atoms. The topological polar surface area (TPSA) is 33.4 Å². The standard InChI is InChI=1S/C15H18O2S/c1-10-5-6-12-11(8-10)9-13(17-12)15(16)14-4-2-3-7-18-14/h5-6,8-9,14-16H,2-4,7H2,1H3. The quantitative estimate of drug-likeness (QED) is 0.886. The van der Waals surface area contributed by atoms with Gasteiger partial charge in [-0.25, -0.2) is 0 Å². The Morgan fingerprint density at radius 3 is 3.00 bits per heavy atom. The van der Waals surface area contributed by atoms with Crippen LogP contribution in [0.3, 0.4) is 0 Å². The van der Waals surface area contributed by atoms with Crippen LogP contribution in [0.1, 0.15) is 36.7 Å². The van der Waals surface area contributed by atoms with E-state index in [4.69, 9.17) is 4.42 Å². The first kappa shape index (κ1) is 12.1. The van der Waals surface area contributed by atoms with E-state index < -0.39 is 6.10 Å². The van der Waals surface area contributed by atoms with Gasteiger partial charge in [-0.15, -0.1) is 0 Å². The number of rotatable bonds is 2. The van der Waals surface area contributed by atoms with Gasteiger partial charge in [-0.2, -0.15) is 11.8 Å². The van der Waals surface area contributed by atoms with Crippen LogP contribution in [0.2, 0.25) is 0 Å². The first-order chi connectivity index (χ1) is 8.74. The molecule has 0 bridgehead atoms. The average Bonchev–Trinajstić information content (AvgIpc) is 2.81. The van der Waals surface area contributed by atoms with Gasteiger partial charge in [-0.05, 0) is 43.7 Å². The third-order valence-electron chi connectivity index (χ3n) is 3.55. The molecule has 1 fully saturated rings. The molecule has 0 spiro atoms. The van der Waals surface area contributed by atoms with E-state index in [9.17, 15) is 5.11 Å². The Bertz CT molecular complexity index is 540. The fourth-order valence-electron chi connectivity index (χ4n) is 2.53. The van der Waals surface area contributed by atoms with E-state index in [-0.39, 0.29) is 0 Å². The summed E-state index contributed by atoms with van der Waals surface area (Å²) in [4.78, 5) is 0. The van der Waals surface area contributed by atoms with Crippen molar-refractivity contribution in [2.24, 2.45) is 0 Å². The van der Waals surface area contributed by atoms with Crippen molar-refractivity contribution in [3.05, 3.63) is 35.6 Å². The zero-order chi connectivity index (χ0) is 12.5. The highest BCUT2D eigenvalue weighted by molar-refractivity contribution is 7.99. The van der Waals surface area contributed by atoms with Gasteiger partial charge in [0.15, 0.2) is 0 Å². The third kappa shape index (κ3) is 2.29. The molecular weight excluding hydrogens is 244 g/mol. The molecule has 1 aromatic heterocycles. The average molecular weight is 262 g/mol. The normalized spacial score (nSPS) is 22.2. The van der Waals surface area contributed by atoms with Gasteiger partial charge in [0.25, 0.3) is 0 Å². The minimum Gasteiger partial charge on any atom is -0.458 e.